The number of nitrogens with two attached hydrogens (primary N) is 1. The van der Waals surface area contributed by atoms with Crippen molar-refractivity contribution in [3.8, 4) is 0 Å². The van der Waals surface area contributed by atoms with Gasteiger partial charge in [0.1, 0.15) is 5.41 Å². The molecule has 2 aliphatic rings. The molecule has 0 spiro atoms. The van der Waals surface area contributed by atoms with Crippen LogP contribution in [0.25, 0.3) is 0 Å². The molecule has 6 heteroatoms. The summed E-state index contributed by atoms with van der Waals surface area (Å²) in [5.74, 6) is -0.0729. The van der Waals surface area contributed by atoms with Crippen molar-refractivity contribution < 1.29 is 14.3 Å². The zero-order valence-corrected chi connectivity index (χ0v) is 12.2. The highest BCUT2D eigenvalue weighted by atomic mass is 32.1. The largest absolute Gasteiger partial charge is 0.392 e. The van der Waals surface area contributed by atoms with Crippen molar-refractivity contribution in [1.82, 2.24) is 5.32 Å². The second kappa shape index (κ2) is 5.73. The third-order valence-electron chi connectivity index (χ3n) is 4.11. The maximum absolute atomic E-state index is 12.6. The summed E-state index contributed by atoms with van der Waals surface area (Å²) < 4.78 is 10.8. The normalized spacial score (nSPS) is 30.6. The number of hydrogen-bond donors (Lipinski definition) is 2. The molecule has 1 unspecified atom stereocenters. The van der Waals surface area contributed by atoms with Crippen LogP contribution in [-0.4, -0.2) is 42.9 Å². The summed E-state index contributed by atoms with van der Waals surface area (Å²) in [7, 11) is 0. The minimum Gasteiger partial charge on any atom is -0.392 e. The molecule has 0 aromatic rings. The Morgan fingerprint density at radius 2 is 1.89 bits per heavy atom. The Hall–Kier alpha value is -0.720. The fourth-order valence-corrected chi connectivity index (χ4v) is 3.03. The Balaban J connectivity index is 2.09. The summed E-state index contributed by atoms with van der Waals surface area (Å²) in [5.41, 5.74) is 4.77. The molecule has 0 saturated carbocycles. The lowest BCUT2D eigenvalue weighted by Gasteiger charge is -2.40. The number of thiocarbonyl (C=S) groups is 1. The first-order valence-corrected chi connectivity index (χ1v) is 7.17. The summed E-state index contributed by atoms with van der Waals surface area (Å²) >= 11 is 5.14. The number of nitrogens with one attached hydrogen (secondary N) is 1. The molecule has 0 bridgehead atoms. The molecule has 0 aliphatic carbocycles. The van der Waals surface area contributed by atoms with Crippen molar-refractivity contribution in [2.75, 3.05) is 26.4 Å². The van der Waals surface area contributed by atoms with E-state index in [0.717, 1.165) is 19.4 Å². The van der Waals surface area contributed by atoms with E-state index in [1.54, 1.807) is 0 Å². The standard InChI is InChI=1S/C13H22N2O3S/c1-12(3-2-6-18-9-12)15-11(16)13(10(14)19)4-7-17-8-5-13/h2-9H2,1H3,(H2,14,19)(H,15,16). The molecule has 0 aromatic carbocycles. The lowest BCUT2D eigenvalue weighted by Crippen LogP contribution is -2.59. The number of hydrogen-bond acceptors (Lipinski definition) is 4. The fourth-order valence-electron chi connectivity index (χ4n) is 2.73. The number of carbonyl (C=O) groups is 1. The lowest BCUT2D eigenvalue weighted by molar-refractivity contribution is -0.135. The molecule has 0 aromatic heterocycles. The summed E-state index contributed by atoms with van der Waals surface area (Å²) in [6.45, 7) is 4.37. The fraction of sp³-hybridized carbons (Fsp3) is 0.846. The van der Waals surface area contributed by atoms with Crippen LogP contribution in [0.4, 0.5) is 0 Å². The van der Waals surface area contributed by atoms with E-state index < -0.39 is 5.41 Å². The highest BCUT2D eigenvalue weighted by molar-refractivity contribution is 7.80. The first-order valence-electron chi connectivity index (χ1n) is 6.77. The minimum absolute atomic E-state index is 0.0729. The first-order chi connectivity index (χ1) is 8.99. The molecular formula is C13H22N2O3S. The van der Waals surface area contributed by atoms with E-state index >= 15 is 0 Å². The average Bonchev–Trinajstić information content (AvgIpc) is 2.39. The van der Waals surface area contributed by atoms with E-state index in [4.69, 9.17) is 27.4 Å². The van der Waals surface area contributed by atoms with Crippen LogP contribution in [0.2, 0.25) is 0 Å². The highest BCUT2D eigenvalue weighted by Gasteiger charge is 2.45. The van der Waals surface area contributed by atoms with Gasteiger partial charge in [0.15, 0.2) is 0 Å². The number of ether oxygens (including phenoxy) is 2. The number of amides is 1. The molecule has 2 fully saturated rings. The third kappa shape index (κ3) is 3.07. The first kappa shape index (κ1) is 14.7. The summed E-state index contributed by atoms with van der Waals surface area (Å²) in [6.07, 6.45) is 3.00. The lowest BCUT2D eigenvalue weighted by atomic mass is 9.78. The number of rotatable bonds is 3. The second-order valence-electron chi connectivity index (χ2n) is 5.73. The van der Waals surface area contributed by atoms with Crippen LogP contribution < -0.4 is 11.1 Å². The van der Waals surface area contributed by atoms with Gasteiger partial charge < -0.3 is 20.5 Å². The van der Waals surface area contributed by atoms with Gasteiger partial charge in [-0.25, -0.2) is 0 Å². The zero-order valence-electron chi connectivity index (χ0n) is 11.4. The van der Waals surface area contributed by atoms with Crippen molar-refractivity contribution in [2.45, 2.75) is 38.1 Å². The predicted octanol–water partition coefficient (Wildman–Crippen LogP) is 0.755. The van der Waals surface area contributed by atoms with Crippen LogP contribution >= 0.6 is 12.2 Å². The smallest absolute Gasteiger partial charge is 0.233 e. The van der Waals surface area contributed by atoms with Crippen molar-refractivity contribution in [3.63, 3.8) is 0 Å². The van der Waals surface area contributed by atoms with Crippen molar-refractivity contribution >= 4 is 23.1 Å². The van der Waals surface area contributed by atoms with E-state index in [9.17, 15) is 4.79 Å². The van der Waals surface area contributed by atoms with Crippen LogP contribution in [-0.2, 0) is 14.3 Å². The van der Waals surface area contributed by atoms with Crippen molar-refractivity contribution in [1.29, 1.82) is 0 Å². The highest BCUT2D eigenvalue weighted by Crippen LogP contribution is 2.32. The SMILES string of the molecule is CC1(NC(=O)C2(C(N)=S)CCOCC2)CCCOC1. The maximum Gasteiger partial charge on any atom is 0.233 e. The van der Waals surface area contributed by atoms with E-state index in [-0.39, 0.29) is 16.4 Å². The van der Waals surface area contributed by atoms with Gasteiger partial charge in [-0.2, -0.15) is 0 Å². The van der Waals surface area contributed by atoms with E-state index in [1.165, 1.54) is 0 Å². The quantitative estimate of drug-likeness (QED) is 0.749. The topological polar surface area (TPSA) is 73.6 Å². The average molecular weight is 286 g/mol. The predicted molar refractivity (Wildman–Crippen MR) is 75.9 cm³/mol. The van der Waals surface area contributed by atoms with E-state index in [1.807, 2.05) is 6.92 Å². The molecule has 19 heavy (non-hydrogen) atoms. The molecule has 2 rings (SSSR count). The molecule has 0 radical (unpaired) electrons. The van der Waals surface area contributed by atoms with Crippen LogP contribution in [0.15, 0.2) is 0 Å². The van der Waals surface area contributed by atoms with Crippen molar-refractivity contribution in [3.05, 3.63) is 0 Å². The monoisotopic (exact) mass is 286 g/mol. The minimum atomic E-state index is -0.756. The van der Waals surface area contributed by atoms with Crippen LogP contribution in [0.3, 0.4) is 0 Å². The van der Waals surface area contributed by atoms with Crippen LogP contribution in [0.5, 0.6) is 0 Å². The van der Waals surface area contributed by atoms with E-state index in [2.05, 4.69) is 5.32 Å². The zero-order chi connectivity index (χ0) is 13.9. The molecule has 108 valence electrons. The Morgan fingerprint density at radius 1 is 1.21 bits per heavy atom. The Kier molecular flexibility index (Phi) is 4.43. The maximum atomic E-state index is 12.6. The molecule has 2 heterocycles. The summed E-state index contributed by atoms with van der Waals surface area (Å²) in [5, 5.41) is 3.10. The van der Waals surface area contributed by atoms with Crippen molar-refractivity contribution in [2.24, 2.45) is 11.1 Å². The molecule has 2 aliphatic heterocycles. The molecule has 1 atom stereocenters. The van der Waals surface area contributed by atoms with Gasteiger partial charge in [0.05, 0.1) is 17.1 Å². The summed E-state index contributed by atoms with van der Waals surface area (Å²) in [4.78, 5) is 12.9. The van der Waals surface area contributed by atoms with Gasteiger partial charge in [0.2, 0.25) is 5.91 Å². The third-order valence-corrected chi connectivity index (χ3v) is 4.50. The summed E-state index contributed by atoms with van der Waals surface area (Å²) in [6, 6.07) is 0. The van der Waals surface area contributed by atoms with Gasteiger partial charge in [-0.05, 0) is 32.6 Å². The van der Waals surface area contributed by atoms with E-state index in [0.29, 0.717) is 32.7 Å². The molecule has 1 amide bonds. The second-order valence-corrected chi connectivity index (χ2v) is 6.17. The van der Waals surface area contributed by atoms with Gasteiger partial charge in [-0.3, -0.25) is 4.79 Å². The van der Waals surface area contributed by atoms with Gasteiger partial charge in [0, 0.05) is 19.8 Å². The van der Waals surface area contributed by atoms with Gasteiger partial charge >= 0.3 is 0 Å². The molecule has 5 nitrogen and oxygen atoms in total. The molecule has 2 saturated heterocycles. The molecular weight excluding hydrogens is 264 g/mol. The Morgan fingerprint density at radius 3 is 2.42 bits per heavy atom. The van der Waals surface area contributed by atoms with Crippen LogP contribution in [0, 0.1) is 5.41 Å². The molecule has 3 N–H and O–H groups in total. The van der Waals surface area contributed by atoms with Crippen LogP contribution in [0.1, 0.15) is 32.6 Å². The number of carbonyl (C=O) groups excluding carboxylic acids is 1. The Bertz CT molecular complexity index is 361. The van der Waals surface area contributed by atoms with Gasteiger partial charge in [0.25, 0.3) is 0 Å². The van der Waals surface area contributed by atoms with Gasteiger partial charge in [-0.15, -0.1) is 0 Å². The Labute approximate surface area is 119 Å². The van der Waals surface area contributed by atoms with Gasteiger partial charge in [-0.1, -0.05) is 12.2 Å².